The number of carbonyl (C=O) groups excluding carboxylic acids is 2. The standard InChI is InChI=1S/C26H26N2O5/c29-24(17-32-22-7-5-19-6-8-25(30)33-23(19)15-22)27-12-10-20(11-13-27)26(31)28-14-9-18-3-1-2-4-21(18)16-28/h1-8,15,20H,9-14,16-17H2. The zero-order valence-electron chi connectivity index (χ0n) is 18.4. The summed E-state index contributed by atoms with van der Waals surface area (Å²) >= 11 is 0. The Morgan fingerprint density at radius 1 is 0.939 bits per heavy atom. The van der Waals surface area contributed by atoms with E-state index in [-0.39, 0.29) is 24.3 Å². The average molecular weight is 447 g/mol. The van der Waals surface area contributed by atoms with E-state index in [1.807, 2.05) is 17.0 Å². The summed E-state index contributed by atoms with van der Waals surface area (Å²) in [6.07, 6.45) is 2.24. The van der Waals surface area contributed by atoms with E-state index in [1.165, 1.54) is 17.2 Å². The molecule has 0 atom stereocenters. The van der Waals surface area contributed by atoms with Crippen molar-refractivity contribution in [3.05, 3.63) is 76.1 Å². The Labute approximate surface area is 191 Å². The van der Waals surface area contributed by atoms with Gasteiger partial charge in [-0.3, -0.25) is 9.59 Å². The Kier molecular flexibility index (Phi) is 5.86. The molecule has 0 bridgehead atoms. The van der Waals surface area contributed by atoms with Gasteiger partial charge in [0.2, 0.25) is 5.91 Å². The van der Waals surface area contributed by atoms with Crippen LogP contribution in [0.25, 0.3) is 11.0 Å². The summed E-state index contributed by atoms with van der Waals surface area (Å²) in [5, 5.41) is 0.789. The maximum atomic E-state index is 13.0. The number of fused-ring (bicyclic) bond motifs is 2. The first kappa shape index (κ1) is 21.2. The molecule has 2 amide bonds. The van der Waals surface area contributed by atoms with Crippen LogP contribution in [0.4, 0.5) is 0 Å². The fourth-order valence-corrected chi connectivity index (χ4v) is 4.69. The molecule has 0 N–H and O–H groups in total. The van der Waals surface area contributed by atoms with Gasteiger partial charge in [0.15, 0.2) is 6.61 Å². The van der Waals surface area contributed by atoms with Gasteiger partial charge >= 0.3 is 5.63 Å². The molecule has 1 aromatic heterocycles. The first-order valence-electron chi connectivity index (χ1n) is 11.4. The fourth-order valence-electron chi connectivity index (χ4n) is 4.69. The van der Waals surface area contributed by atoms with Crippen LogP contribution in [0.15, 0.2) is 63.8 Å². The predicted octanol–water partition coefficient (Wildman–Crippen LogP) is 3.00. The molecule has 2 aliphatic rings. The van der Waals surface area contributed by atoms with Gasteiger partial charge in [-0.25, -0.2) is 4.79 Å². The third kappa shape index (κ3) is 4.62. The molecule has 2 aromatic carbocycles. The topological polar surface area (TPSA) is 80.1 Å². The largest absolute Gasteiger partial charge is 0.484 e. The molecule has 3 aromatic rings. The van der Waals surface area contributed by atoms with Crippen LogP contribution in [0.5, 0.6) is 5.75 Å². The van der Waals surface area contributed by atoms with Gasteiger partial charge in [0.1, 0.15) is 11.3 Å². The highest BCUT2D eigenvalue weighted by Crippen LogP contribution is 2.25. The van der Waals surface area contributed by atoms with E-state index < -0.39 is 5.63 Å². The van der Waals surface area contributed by atoms with Crippen LogP contribution in [0.1, 0.15) is 24.0 Å². The van der Waals surface area contributed by atoms with E-state index in [9.17, 15) is 14.4 Å². The molecule has 7 heteroatoms. The molecule has 170 valence electrons. The van der Waals surface area contributed by atoms with Crippen LogP contribution in [-0.4, -0.2) is 47.9 Å². The Morgan fingerprint density at radius 2 is 1.70 bits per heavy atom. The molecular weight excluding hydrogens is 420 g/mol. The molecule has 5 rings (SSSR count). The SMILES string of the molecule is O=C(COc1ccc2ccc(=O)oc2c1)N1CCC(C(=O)N2CCc3ccccc3C2)CC1. The highest BCUT2D eigenvalue weighted by molar-refractivity contribution is 5.81. The number of rotatable bonds is 4. The number of piperidine rings is 1. The van der Waals surface area contributed by atoms with E-state index in [2.05, 4.69) is 12.1 Å². The molecule has 0 saturated carbocycles. The van der Waals surface area contributed by atoms with Gasteiger partial charge in [0.05, 0.1) is 0 Å². The summed E-state index contributed by atoms with van der Waals surface area (Å²) in [6, 6.07) is 16.5. The lowest BCUT2D eigenvalue weighted by molar-refractivity contribution is -0.142. The first-order chi connectivity index (χ1) is 16.1. The lowest BCUT2D eigenvalue weighted by atomic mass is 9.93. The molecule has 0 spiro atoms. The van der Waals surface area contributed by atoms with Crippen molar-refractivity contribution in [1.82, 2.24) is 9.80 Å². The van der Waals surface area contributed by atoms with Crippen molar-refractivity contribution in [3.8, 4) is 5.75 Å². The minimum atomic E-state index is -0.429. The Balaban J connectivity index is 1.12. The molecule has 0 unspecified atom stereocenters. The highest BCUT2D eigenvalue weighted by Gasteiger charge is 2.31. The predicted molar refractivity (Wildman–Crippen MR) is 123 cm³/mol. The number of benzene rings is 2. The minimum absolute atomic E-state index is 0.0383. The van der Waals surface area contributed by atoms with Crippen LogP contribution < -0.4 is 10.4 Å². The number of amides is 2. The molecule has 3 heterocycles. The van der Waals surface area contributed by atoms with E-state index in [4.69, 9.17) is 9.15 Å². The normalized spacial score (nSPS) is 16.5. The summed E-state index contributed by atoms with van der Waals surface area (Å²) in [6.45, 7) is 2.44. The second-order valence-corrected chi connectivity index (χ2v) is 8.68. The van der Waals surface area contributed by atoms with Crippen LogP contribution in [0, 0.1) is 5.92 Å². The number of likely N-dealkylation sites (tertiary alicyclic amines) is 1. The monoisotopic (exact) mass is 446 g/mol. The highest BCUT2D eigenvalue weighted by atomic mass is 16.5. The van der Waals surface area contributed by atoms with E-state index in [0.717, 1.165) is 18.4 Å². The molecule has 0 radical (unpaired) electrons. The van der Waals surface area contributed by atoms with Crippen molar-refractivity contribution in [3.63, 3.8) is 0 Å². The lowest BCUT2D eigenvalue weighted by Crippen LogP contribution is -2.46. The first-order valence-corrected chi connectivity index (χ1v) is 11.4. The molecule has 0 aliphatic carbocycles. The molecule has 2 aliphatic heterocycles. The van der Waals surface area contributed by atoms with Crippen LogP contribution in [-0.2, 0) is 22.6 Å². The maximum Gasteiger partial charge on any atom is 0.336 e. The number of ether oxygens (including phenoxy) is 1. The number of hydrogen-bond acceptors (Lipinski definition) is 5. The van der Waals surface area contributed by atoms with Gasteiger partial charge in [-0.2, -0.15) is 0 Å². The van der Waals surface area contributed by atoms with Gasteiger partial charge < -0.3 is 19.0 Å². The second kappa shape index (κ2) is 9.10. The van der Waals surface area contributed by atoms with Gasteiger partial charge in [-0.15, -0.1) is 0 Å². The van der Waals surface area contributed by atoms with Gasteiger partial charge in [-0.1, -0.05) is 24.3 Å². The minimum Gasteiger partial charge on any atom is -0.484 e. The smallest absolute Gasteiger partial charge is 0.336 e. The van der Waals surface area contributed by atoms with Crippen LogP contribution in [0.2, 0.25) is 0 Å². The van der Waals surface area contributed by atoms with Crippen LogP contribution in [0.3, 0.4) is 0 Å². The molecule has 1 fully saturated rings. The summed E-state index contributed by atoms with van der Waals surface area (Å²) in [5.41, 5.74) is 2.55. The molecule has 7 nitrogen and oxygen atoms in total. The summed E-state index contributed by atoms with van der Waals surface area (Å²) < 4.78 is 10.8. The van der Waals surface area contributed by atoms with Crippen molar-refractivity contribution in [2.24, 2.45) is 5.92 Å². The zero-order valence-corrected chi connectivity index (χ0v) is 18.4. The Morgan fingerprint density at radius 3 is 2.52 bits per heavy atom. The molecule has 33 heavy (non-hydrogen) atoms. The number of nitrogens with zero attached hydrogens (tertiary/aromatic N) is 2. The fraction of sp³-hybridized carbons (Fsp3) is 0.346. The lowest BCUT2D eigenvalue weighted by Gasteiger charge is -2.36. The van der Waals surface area contributed by atoms with Crippen molar-refractivity contribution in [2.45, 2.75) is 25.8 Å². The summed E-state index contributed by atoms with van der Waals surface area (Å²) in [7, 11) is 0. The van der Waals surface area contributed by atoms with Crippen molar-refractivity contribution in [1.29, 1.82) is 0 Å². The molecular formula is C26H26N2O5. The maximum absolute atomic E-state index is 13.0. The number of hydrogen-bond donors (Lipinski definition) is 0. The van der Waals surface area contributed by atoms with Crippen LogP contribution >= 0.6 is 0 Å². The second-order valence-electron chi connectivity index (χ2n) is 8.68. The van der Waals surface area contributed by atoms with E-state index in [1.54, 1.807) is 29.2 Å². The average Bonchev–Trinajstić information content (AvgIpc) is 2.86. The summed E-state index contributed by atoms with van der Waals surface area (Å²) in [5.74, 6) is 0.525. The Hall–Kier alpha value is -3.61. The summed E-state index contributed by atoms with van der Waals surface area (Å²) in [4.78, 5) is 40.8. The quantitative estimate of drug-likeness (QED) is 0.576. The molecule has 1 saturated heterocycles. The van der Waals surface area contributed by atoms with Gasteiger partial charge in [0.25, 0.3) is 5.91 Å². The van der Waals surface area contributed by atoms with E-state index in [0.29, 0.717) is 43.8 Å². The van der Waals surface area contributed by atoms with Gasteiger partial charge in [-0.05, 0) is 48.6 Å². The van der Waals surface area contributed by atoms with Crippen molar-refractivity contribution >= 4 is 22.8 Å². The third-order valence-corrected chi connectivity index (χ3v) is 6.60. The van der Waals surface area contributed by atoms with Gasteiger partial charge in [0, 0.05) is 49.6 Å². The zero-order chi connectivity index (χ0) is 22.8. The van der Waals surface area contributed by atoms with Crippen molar-refractivity contribution < 1.29 is 18.7 Å². The third-order valence-electron chi connectivity index (χ3n) is 6.60. The number of carbonyl (C=O) groups is 2. The van der Waals surface area contributed by atoms with Crippen molar-refractivity contribution in [2.75, 3.05) is 26.2 Å². The Bertz CT molecular complexity index is 1240. The van der Waals surface area contributed by atoms with E-state index >= 15 is 0 Å².